The van der Waals surface area contributed by atoms with E-state index in [1.165, 1.54) is 0 Å². The molecule has 0 aliphatic carbocycles. The minimum absolute atomic E-state index is 0.0242. The fourth-order valence-corrected chi connectivity index (χ4v) is 3.96. The molecule has 0 atom stereocenters. The Balaban J connectivity index is 1.54. The van der Waals surface area contributed by atoms with Gasteiger partial charge in [0.05, 0.1) is 11.5 Å². The maximum atomic E-state index is 12.2. The van der Waals surface area contributed by atoms with Crippen molar-refractivity contribution >= 4 is 45.5 Å². The number of nitrogens with one attached hydrogen (secondary N) is 1. The molecule has 0 saturated carbocycles. The lowest BCUT2D eigenvalue weighted by Crippen LogP contribution is -2.14. The van der Waals surface area contributed by atoms with E-state index in [0.717, 1.165) is 40.1 Å². The van der Waals surface area contributed by atoms with E-state index in [-0.39, 0.29) is 5.91 Å². The number of benzene rings is 3. The van der Waals surface area contributed by atoms with Crippen molar-refractivity contribution in [1.82, 2.24) is 0 Å². The predicted molar refractivity (Wildman–Crippen MR) is 119 cm³/mol. The largest absolute Gasteiger partial charge is 0.326 e. The van der Waals surface area contributed by atoms with Crippen molar-refractivity contribution in [3.8, 4) is 0 Å². The van der Waals surface area contributed by atoms with Crippen molar-refractivity contribution in [2.75, 3.05) is 22.5 Å². The molecule has 0 bridgehead atoms. The molecule has 140 valence electrons. The van der Waals surface area contributed by atoms with Crippen LogP contribution in [0.25, 0.3) is 0 Å². The van der Waals surface area contributed by atoms with Crippen LogP contribution in [0.4, 0.5) is 22.7 Å². The Morgan fingerprint density at radius 2 is 1.43 bits per heavy atom. The van der Waals surface area contributed by atoms with E-state index in [1.807, 2.05) is 60.7 Å². The molecule has 1 N–H and O–H groups in total. The van der Waals surface area contributed by atoms with Gasteiger partial charge in [-0.15, -0.1) is 11.8 Å². The van der Waals surface area contributed by atoms with E-state index in [0.29, 0.717) is 6.42 Å². The Morgan fingerprint density at radius 1 is 0.857 bits per heavy atom. The van der Waals surface area contributed by atoms with Crippen LogP contribution in [0, 0.1) is 0 Å². The van der Waals surface area contributed by atoms with Gasteiger partial charge in [-0.2, -0.15) is 0 Å². The van der Waals surface area contributed by atoms with Crippen molar-refractivity contribution in [1.29, 1.82) is 0 Å². The van der Waals surface area contributed by atoms with E-state index in [2.05, 4.69) is 39.5 Å². The second-order valence-electron chi connectivity index (χ2n) is 6.40. The first-order valence-corrected chi connectivity index (χ1v) is 10.2. The number of hydrogen-bond donors (Lipinski definition) is 1. The van der Waals surface area contributed by atoms with Gasteiger partial charge in [0.1, 0.15) is 0 Å². The van der Waals surface area contributed by atoms with Gasteiger partial charge < -0.3 is 10.2 Å². The highest BCUT2D eigenvalue weighted by atomic mass is 32.2. The quantitative estimate of drug-likeness (QED) is 0.596. The van der Waals surface area contributed by atoms with Gasteiger partial charge in [-0.05, 0) is 48.5 Å². The molecule has 0 radical (unpaired) electrons. The number of nitrogens with zero attached hydrogens (tertiary/aromatic N) is 2. The van der Waals surface area contributed by atoms with Gasteiger partial charge in [0.15, 0.2) is 0 Å². The van der Waals surface area contributed by atoms with Crippen LogP contribution in [0.3, 0.4) is 0 Å². The monoisotopic (exact) mass is 387 g/mol. The van der Waals surface area contributed by atoms with Crippen LogP contribution < -0.4 is 10.2 Å². The molecule has 5 heteroatoms. The molecule has 3 aromatic carbocycles. The van der Waals surface area contributed by atoms with Crippen LogP contribution in [0.2, 0.25) is 0 Å². The van der Waals surface area contributed by atoms with Crippen molar-refractivity contribution in [3.05, 3.63) is 84.9 Å². The molecule has 1 aliphatic heterocycles. The summed E-state index contributed by atoms with van der Waals surface area (Å²) in [5, 5.41) is 3.89. The molecule has 28 heavy (non-hydrogen) atoms. The molecule has 0 unspecified atom stereocenters. The third-order valence-corrected chi connectivity index (χ3v) is 5.39. The lowest BCUT2D eigenvalue weighted by atomic mass is 10.2. The summed E-state index contributed by atoms with van der Waals surface area (Å²) in [4.78, 5) is 18.7. The first-order valence-electron chi connectivity index (χ1n) is 9.26. The van der Waals surface area contributed by atoms with Crippen molar-refractivity contribution in [2.45, 2.75) is 6.42 Å². The number of aliphatic imine (C=N–C) groups is 1. The lowest BCUT2D eigenvalue weighted by molar-refractivity contribution is -0.115. The zero-order valence-electron chi connectivity index (χ0n) is 15.4. The Labute approximate surface area is 169 Å². The highest BCUT2D eigenvalue weighted by Crippen LogP contribution is 2.34. The summed E-state index contributed by atoms with van der Waals surface area (Å²) in [6.45, 7) is 0.816. The van der Waals surface area contributed by atoms with Crippen LogP contribution in [-0.4, -0.2) is 23.2 Å². The summed E-state index contributed by atoms with van der Waals surface area (Å²) >= 11 is 1.67. The minimum Gasteiger partial charge on any atom is -0.326 e. The maximum absolute atomic E-state index is 12.2. The summed E-state index contributed by atoms with van der Waals surface area (Å²) < 4.78 is 0. The third-order valence-electron chi connectivity index (χ3n) is 4.40. The smallest absolute Gasteiger partial charge is 0.230 e. The van der Waals surface area contributed by atoms with Gasteiger partial charge >= 0.3 is 0 Å². The highest BCUT2D eigenvalue weighted by molar-refractivity contribution is 8.14. The van der Waals surface area contributed by atoms with E-state index in [9.17, 15) is 4.79 Å². The fraction of sp³-hybridized carbons (Fsp3) is 0.130. The molecule has 1 heterocycles. The number of thioether (sulfide) groups is 1. The molecule has 0 aromatic heterocycles. The average molecular weight is 388 g/mol. The molecule has 4 nitrogen and oxygen atoms in total. The number of rotatable bonds is 6. The van der Waals surface area contributed by atoms with E-state index >= 15 is 0 Å². The zero-order valence-corrected chi connectivity index (χ0v) is 16.2. The molecule has 4 rings (SSSR count). The normalized spacial score (nSPS) is 13.1. The number of anilines is 4. The van der Waals surface area contributed by atoms with E-state index in [4.69, 9.17) is 0 Å². The molecule has 0 spiro atoms. The van der Waals surface area contributed by atoms with Crippen LogP contribution in [-0.2, 0) is 4.79 Å². The second kappa shape index (κ2) is 8.76. The van der Waals surface area contributed by atoms with E-state index in [1.54, 1.807) is 11.8 Å². The van der Waals surface area contributed by atoms with E-state index < -0.39 is 0 Å². The van der Waals surface area contributed by atoms with Crippen LogP contribution in [0.5, 0.6) is 0 Å². The fourth-order valence-electron chi connectivity index (χ4n) is 3.12. The summed E-state index contributed by atoms with van der Waals surface area (Å²) in [5.74, 6) is 0.954. The van der Waals surface area contributed by atoms with Crippen molar-refractivity contribution in [2.24, 2.45) is 4.99 Å². The first-order chi connectivity index (χ1) is 13.8. The van der Waals surface area contributed by atoms with Crippen LogP contribution in [0.15, 0.2) is 89.9 Å². The topological polar surface area (TPSA) is 44.7 Å². The number of carbonyl (C=O) groups excluding carboxylic acids is 1. The van der Waals surface area contributed by atoms with Gasteiger partial charge in [-0.1, -0.05) is 36.4 Å². The second-order valence-corrected chi connectivity index (χ2v) is 7.57. The Bertz CT molecular complexity index is 917. The number of para-hydroxylation sites is 2. The summed E-state index contributed by atoms with van der Waals surface area (Å²) in [6.07, 6.45) is 0.354. The summed E-state index contributed by atoms with van der Waals surface area (Å²) in [5.41, 5.74) is 3.99. The molecular weight excluding hydrogens is 366 g/mol. The number of amides is 1. The predicted octanol–water partition coefficient (Wildman–Crippen LogP) is 5.63. The van der Waals surface area contributed by atoms with Gasteiger partial charge in [0.25, 0.3) is 0 Å². The first kappa shape index (κ1) is 18.3. The van der Waals surface area contributed by atoms with Crippen LogP contribution >= 0.6 is 11.8 Å². The molecular formula is C23H21N3OS. The van der Waals surface area contributed by atoms with Gasteiger partial charge in [-0.3, -0.25) is 9.79 Å². The SMILES string of the molecule is O=C(CC1=NCCS1)Nc1ccc(N(c2ccccc2)c2ccccc2)cc1. The average Bonchev–Trinajstić information content (AvgIpc) is 3.24. The minimum atomic E-state index is -0.0242. The molecule has 0 fully saturated rings. The third kappa shape index (κ3) is 4.43. The van der Waals surface area contributed by atoms with Crippen molar-refractivity contribution in [3.63, 3.8) is 0 Å². The summed E-state index contributed by atoms with van der Waals surface area (Å²) in [6, 6.07) is 28.4. The number of carbonyl (C=O) groups is 1. The highest BCUT2D eigenvalue weighted by Gasteiger charge is 2.14. The summed E-state index contributed by atoms with van der Waals surface area (Å²) in [7, 11) is 0. The van der Waals surface area contributed by atoms with Crippen molar-refractivity contribution < 1.29 is 4.79 Å². The molecule has 1 amide bonds. The van der Waals surface area contributed by atoms with Gasteiger partial charge in [-0.25, -0.2) is 0 Å². The standard InChI is InChI=1S/C23H21N3OS/c27-22(17-23-24-15-16-28-23)25-18-11-13-21(14-12-18)26(19-7-3-1-4-8-19)20-9-5-2-6-10-20/h1-14H,15-17H2,(H,25,27). The molecule has 0 saturated heterocycles. The Kier molecular flexibility index (Phi) is 5.73. The number of hydrogen-bond acceptors (Lipinski definition) is 4. The van der Waals surface area contributed by atoms with Crippen LogP contribution in [0.1, 0.15) is 6.42 Å². The maximum Gasteiger partial charge on any atom is 0.230 e. The Morgan fingerprint density at radius 3 is 1.96 bits per heavy atom. The molecule has 1 aliphatic rings. The van der Waals surface area contributed by atoms with Gasteiger partial charge in [0.2, 0.25) is 5.91 Å². The Hall–Kier alpha value is -3.05. The molecule has 3 aromatic rings. The lowest BCUT2D eigenvalue weighted by Gasteiger charge is -2.25. The zero-order chi connectivity index (χ0) is 19.2. The van der Waals surface area contributed by atoms with Gasteiger partial charge in [0, 0.05) is 35.0 Å².